The van der Waals surface area contributed by atoms with Crippen molar-refractivity contribution in [2.45, 2.75) is 38.5 Å². The molecule has 26 heavy (non-hydrogen) atoms. The molecular weight excluding hydrogens is 332 g/mol. The number of aliphatic imine (C=N–C) groups is 1. The van der Waals surface area contributed by atoms with Crippen LogP contribution in [0.25, 0.3) is 0 Å². The summed E-state index contributed by atoms with van der Waals surface area (Å²) in [5.41, 5.74) is 6.03. The molecule has 4 N–H and O–H groups in total. The third kappa shape index (κ3) is 3.99. The summed E-state index contributed by atoms with van der Waals surface area (Å²) >= 11 is 0. The van der Waals surface area contributed by atoms with Crippen molar-refractivity contribution in [2.75, 3.05) is 7.05 Å². The predicted molar refractivity (Wildman–Crippen MR) is 99.1 cm³/mol. The number of nitrogens with two attached hydrogens (primary N) is 1. The Kier molecular flexibility index (Phi) is 4.88. The van der Waals surface area contributed by atoms with Crippen LogP contribution in [-0.2, 0) is 6.54 Å². The van der Waals surface area contributed by atoms with E-state index in [0.717, 1.165) is 17.7 Å². The van der Waals surface area contributed by atoms with Gasteiger partial charge < -0.3 is 25.5 Å². The highest BCUT2D eigenvalue weighted by Crippen LogP contribution is 2.39. The fourth-order valence-electron chi connectivity index (χ4n) is 3.07. The first-order valence-corrected chi connectivity index (χ1v) is 8.51. The van der Waals surface area contributed by atoms with Gasteiger partial charge in [-0.05, 0) is 32.0 Å². The molecule has 3 rings (SSSR count). The zero-order chi connectivity index (χ0) is 18.7. The quantitative estimate of drug-likeness (QED) is 0.576. The van der Waals surface area contributed by atoms with Crippen LogP contribution in [-0.4, -0.2) is 24.5 Å². The van der Waals surface area contributed by atoms with Crippen molar-refractivity contribution in [2.24, 2.45) is 10.7 Å². The van der Waals surface area contributed by atoms with Gasteiger partial charge in [-0.1, -0.05) is 18.2 Å². The first-order valence-electron chi connectivity index (χ1n) is 8.51. The molecule has 7 heteroatoms. The highest BCUT2D eigenvalue weighted by atomic mass is 16.5. The molecule has 0 spiro atoms. The molecule has 0 bridgehead atoms. The lowest BCUT2D eigenvalue weighted by Crippen LogP contribution is -2.45. The molecule has 0 radical (unpaired) electrons. The van der Waals surface area contributed by atoms with Crippen LogP contribution in [0.5, 0.6) is 5.75 Å². The van der Waals surface area contributed by atoms with Crippen LogP contribution in [0.3, 0.4) is 0 Å². The van der Waals surface area contributed by atoms with Gasteiger partial charge in [0.15, 0.2) is 11.7 Å². The summed E-state index contributed by atoms with van der Waals surface area (Å²) in [6.07, 6.45) is 0.803. The standard InChI is InChI=1S/C19H24N4O3/c1-19(2)10-14(13-6-4-5-7-15(13)26-19)23-18(21-3)22-11-12-8-9-16(25-12)17(20)24/h4-9,14H,10-11H2,1-3H3,(H2,20,24)(H2,21,22,23). The summed E-state index contributed by atoms with van der Waals surface area (Å²) in [4.78, 5) is 15.4. The van der Waals surface area contributed by atoms with E-state index in [9.17, 15) is 4.79 Å². The van der Waals surface area contributed by atoms with Crippen molar-refractivity contribution in [1.29, 1.82) is 0 Å². The molecule has 1 unspecified atom stereocenters. The number of furan rings is 1. The fourth-order valence-corrected chi connectivity index (χ4v) is 3.07. The number of benzene rings is 1. The minimum atomic E-state index is -0.584. The van der Waals surface area contributed by atoms with Crippen LogP contribution in [0.2, 0.25) is 0 Å². The SMILES string of the molecule is CN=C(NCc1ccc(C(N)=O)o1)NC1CC(C)(C)Oc2ccccc21. The lowest BCUT2D eigenvalue weighted by Gasteiger charge is -2.38. The first kappa shape index (κ1) is 17.8. The number of rotatable bonds is 4. The smallest absolute Gasteiger partial charge is 0.284 e. The number of nitrogens with one attached hydrogen (secondary N) is 2. The van der Waals surface area contributed by atoms with Crippen LogP contribution >= 0.6 is 0 Å². The maximum Gasteiger partial charge on any atom is 0.284 e. The molecule has 0 aliphatic carbocycles. The monoisotopic (exact) mass is 356 g/mol. The lowest BCUT2D eigenvalue weighted by molar-refractivity contribution is 0.0694. The number of carbonyl (C=O) groups excluding carboxylic acids is 1. The zero-order valence-corrected chi connectivity index (χ0v) is 15.2. The minimum absolute atomic E-state index is 0.0685. The van der Waals surface area contributed by atoms with E-state index in [1.165, 1.54) is 0 Å². The first-order chi connectivity index (χ1) is 12.4. The van der Waals surface area contributed by atoms with Crippen molar-refractivity contribution in [3.63, 3.8) is 0 Å². The molecule has 1 aliphatic heterocycles. The van der Waals surface area contributed by atoms with Gasteiger partial charge in [0.2, 0.25) is 0 Å². The van der Waals surface area contributed by atoms with Crippen LogP contribution in [0.1, 0.15) is 48.2 Å². The molecule has 2 heterocycles. The molecular formula is C19H24N4O3. The molecule has 1 aromatic carbocycles. The van der Waals surface area contributed by atoms with Gasteiger partial charge >= 0.3 is 0 Å². The van der Waals surface area contributed by atoms with Gasteiger partial charge in [0.25, 0.3) is 5.91 Å². The van der Waals surface area contributed by atoms with Gasteiger partial charge in [-0.2, -0.15) is 0 Å². The van der Waals surface area contributed by atoms with Gasteiger partial charge in [0, 0.05) is 19.0 Å². The van der Waals surface area contributed by atoms with E-state index in [1.807, 2.05) is 18.2 Å². The van der Waals surface area contributed by atoms with Gasteiger partial charge in [-0.3, -0.25) is 9.79 Å². The number of hydrogen-bond donors (Lipinski definition) is 3. The molecule has 1 amide bonds. The van der Waals surface area contributed by atoms with Crippen LogP contribution in [0, 0.1) is 0 Å². The Morgan fingerprint density at radius 1 is 1.31 bits per heavy atom. The molecule has 1 atom stereocenters. The Balaban J connectivity index is 1.69. The molecule has 0 saturated carbocycles. The highest BCUT2D eigenvalue weighted by molar-refractivity contribution is 5.89. The molecule has 0 saturated heterocycles. The van der Waals surface area contributed by atoms with Crippen LogP contribution in [0.15, 0.2) is 45.8 Å². The summed E-state index contributed by atoms with van der Waals surface area (Å²) in [6.45, 7) is 4.53. The number of amides is 1. The van der Waals surface area contributed by atoms with Crippen LogP contribution < -0.4 is 21.1 Å². The number of hydrogen-bond acceptors (Lipinski definition) is 4. The maximum absolute atomic E-state index is 11.1. The Morgan fingerprint density at radius 3 is 2.77 bits per heavy atom. The van der Waals surface area contributed by atoms with Gasteiger partial charge in [-0.15, -0.1) is 0 Å². The minimum Gasteiger partial charge on any atom is -0.487 e. The Hall–Kier alpha value is -2.96. The van der Waals surface area contributed by atoms with Crippen molar-refractivity contribution < 1.29 is 13.9 Å². The maximum atomic E-state index is 11.1. The van der Waals surface area contributed by atoms with Crippen molar-refractivity contribution >= 4 is 11.9 Å². The van der Waals surface area contributed by atoms with E-state index in [4.69, 9.17) is 14.9 Å². The Morgan fingerprint density at radius 2 is 2.08 bits per heavy atom. The Labute approximate surface area is 152 Å². The van der Waals surface area contributed by atoms with E-state index in [0.29, 0.717) is 18.3 Å². The summed E-state index contributed by atoms with van der Waals surface area (Å²) in [5.74, 6) is 1.69. The predicted octanol–water partition coefficient (Wildman–Crippen LogP) is 2.35. The zero-order valence-electron chi connectivity index (χ0n) is 15.2. The molecule has 138 valence electrons. The fraction of sp³-hybridized carbons (Fsp3) is 0.368. The second-order valence-electron chi connectivity index (χ2n) is 6.86. The van der Waals surface area contributed by atoms with Crippen molar-refractivity contribution in [3.05, 3.63) is 53.5 Å². The molecule has 1 aliphatic rings. The van der Waals surface area contributed by atoms with E-state index in [2.05, 4.69) is 35.5 Å². The number of nitrogens with zero attached hydrogens (tertiary/aromatic N) is 1. The molecule has 0 fully saturated rings. The second-order valence-corrected chi connectivity index (χ2v) is 6.86. The normalized spacial score (nSPS) is 18.6. The van der Waals surface area contributed by atoms with Crippen LogP contribution in [0.4, 0.5) is 0 Å². The number of carbonyl (C=O) groups is 1. The summed E-state index contributed by atoms with van der Waals surface area (Å²) in [5, 5.41) is 6.64. The lowest BCUT2D eigenvalue weighted by atomic mass is 9.90. The van der Waals surface area contributed by atoms with Crippen molar-refractivity contribution in [1.82, 2.24) is 10.6 Å². The van der Waals surface area contributed by atoms with E-state index in [-0.39, 0.29) is 17.4 Å². The highest BCUT2D eigenvalue weighted by Gasteiger charge is 2.33. The van der Waals surface area contributed by atoms with Gasteiger partial charge in [0.05, 0.1) is 12.6 Å². The topological polar surface area (TPSA) is 102 Å². The number of fused-ring (bicyclic) bond motifs is 1. The van der Waals surface area contributed by atoms with Crippen molar-refractivity contribution in [3.8, 4) is 5.75 Å². The largest absolute Gasteiger partial charge is 0.487 e. The summed E-state index contributed by atoms with van der Waals surface area (Å²) in [7, 11) is 1.71. The number of para-hydroxylation sites is 1. The van der Waals surface area contributed by atoms with Gasteiger partial charge in [0.1, 0.15) is 17.1 Å². The van der Waals surface area contributed by atoms with E-state index >= 15 is 0 Å². The van der Waals surface area contributed by atoms with E-state index in [1.54, 1.807) is 19.2 Å². The number of ether oxygens (including phenoxy) is 1. The molecule has 1 aromatic heterocycles. The number of guanidine groups is 1. The average Bonchev–Trinajstić information content (AvgIpc) is 3.06. The average molecular weight is 356 g/mol. The molecule has 7 nitrogen and oxygen atoms in total. The third-order valence-electron chi connectivity index (χ3n) is 4.25. The van der Waals surface area contributed by atoms with E-state index < -0.39 is 5.91 Å². The van der Waals surface area contributed by atoms with Gasteiger partial charge in [-0.25, -0.2) is 0 Å². The summed E-state index contributed by atoms with van der Waals surface area (Å²) in [6, 6.07) is 11.4. The number of primary amides is 1. The third-order valence-corrected chi connectivity index (χ3v) is 4.25. The molecule has 2 aromatic rings. The summed E-state index contributed by atoms with van der Waals surface area (Å²) < 4.78 is 11.4. The second kappa shape index (κ2) is 7.11. The Bertz CT molecular complexity index is 826.